The fourth-order valence-corrected chi connectivity index (χ4v) is 5.44. The van der Waals surface area contributed by atoms with Crippen LogP contribution in [0.5, 0.6) is 0 Å². The lowest BCUT2D eigenvalue weighted by molar-refractivity contribution is -0.139. The molecule has 3 aromatic carbocycles. The Morgan fingerprint density at radius 2 is 1.62 bits per heavy atom. The quantitative estimate of drug-likeness (QED) is 0.340. The van der Waals surface area contributed by atoms with Gasteiger partial charge in [-0.15, -0.1) is 0 Å². The summed E-state index contributed by atoms with van der Waals surface area (Å²) in [5.41, 5.74) is 2.73. The number of nitrogens with zero attached hydrogens (tertiary/aromatic N) is 2. The Bertz CT molecular complexity index is 1410. The van der Waals surface area contributed by atoms with Crippen molar-refractivity contribution in [3.05, 3.63) is 94.3 Å². The highest BCUT2D eigenvalue weighted by molar-refractivity contribution is 7.92. The molecule has 1 N–H and O–H groups in total. The van der Waals surface area contributed by atoms with Crippen LogP contribution in [0.15, 0.2) is 71.6 Å². The van der Waals surface area contributed by atoms with Crippen LogP contribution in [0, 0.1) is 19.7 Å². The van der Waals surface area contributed by atoms with Gasteiger partial charge in [0.25, 0.3) is 10.0 Å². The van der Waals surface area contributed by atoms with Crippen molar-refractivity contribution in [3.8, 4) is 0 Å². The van der Waals surface area contributed by atoms with Gasteiger partial charge in [-0.25, -0.2) is 12.8 Å². The Morgan fingerprint density at radius 1 is 0.974 bits per heavy atom. The van der Waals surface area contributed by atoms with Crippen LogP contribution in [0.3, 0.4) is 0 Å². The molecule has 0 aromatic heterocycles. The first-order valence-electron chi connectivity index (χ1n) is 12.6. The van der Waals surface area contributed by atoms with Crippen molar-refractivity contribution in [2.45, 2.75) is 51.6 Å². The molecule has 0 saturated heterocycles. The summed E-state index contributed by atoms with van der Waals surface area (Å²) in [6, 6.07) is 15.5. The van der Waals surface area contributed by atoms with Crippen molar-refractivity contribution in [2.24, 2.45) is 0 Å². The summed E-state index contributed by atoms with van der Waals surface area (Å²) < 4.78 is 42.2. The highest BCUT2D eigenvalue weighted by atomic mass is 35.5. The summed E-state index contributed by atoms with van der Waals surface area (Å²) in [5, 5.41) is 3.16. The summed E-state index contributed by atoms with van der Waals surface area (Å²) in [6.45, 7) is 7.12. The van der Waals surface area contributed by atoms with E-state index in [4.69, 9.17) is 11.6 Å². The number of hydrogen-bond acceptors (Lipinski definition) is 4. The van der Waals surface area contributed by atoms with Gasteiger partial charge in [-0.3, -0.25) is 13.9 Å². The lowest BCUT2D eigenvalue weighted by Crippen LogP contribution is -2.51. The first kappa shape index (κ1) is 30.1. The molecule has 3 rings (SSSR count). The van der Waals surface area contributed by atoms with Crippen LogP contribution in [-0.2, 0) is 26.2 Å². The van der Waals surface area contributed by atoms with E-state index in [1.54, 1.807) is 25.1 Å². The normalized spacial score (nSPS) is 12.1. The molecule has 0 heterocycles. The predicted molar refractivity (Wildman–Crippen MR) is 152 cm³/mol. The molecule has 3 aromatic rings. The molecule has 0 bridgehead atoms. The summed E-state index contributed by atoms with van der Waals surface area (Å²) in [4.78, 5) is 28.0. The van der Waals surface area contributed by atoms with Gasteiger partial charge in [0.1, 0.15) is 18.4 Å². The van der Waals surface area contributed by atoms with Gasteiger partial charge in [-0.1, -0.05) is 36.7 Å². The summed E-state index contributed by atoms with van der Waals surface area (Å²) in [7, 11) is -4.19. The topological polar surface area (TPSA) is 86.8 Å². The van der Waals surface area contributed by atoms with Crippen molar-refractivity contribution < 1.29 is 22.4 Å². The van der Waals surface area contributed by atoms with Crippen molar-refractivity contribution >= 4 is 39.1 Å². The fourth-order valence-electron chi connectivity index (χ4n) is 3.91. The average Bonchev–Trinajstić information content (AvgIpc) is 2.91. The Kier molecular flexibility index (Phi) is 10.1. The van der Waals surface area contributed by atoms with E-state index in [0.717, 1.165) is 15.4 Å². The standard InChI is InChI=1S/C29H33ClFN3O4S/c1-5-16-32-29(36)22(4)33(18-23-7-11-25(31)12-8-23)28(35)19-34(26-13-6-20(2)21(3)17-26)39(37,38)27-14-9-24(30)10-15-27/h6-15,17,22H,5,16,18-19H2,1-4H3,(H,32,36)/t22-/m0/s1. The zero-order chi connectivity index (χ0) is 28.7. The van der Waals surface area contributed by atoms with E-state index in [2.05, 4.69) is 5.32 Å². The number of rotatable bonds is 11. The van der Waals surface area contributed by atoms with E-state index in [-0.39, 0.29) is 17.3 Å². The molecule has 0 aliphatic rings. The maximum atomic E-state index is 13.8. The maximum absolute atomic E-state index is 13.8. The van der Waals surface area contributed by atoms with Gasteiger partial charge in [0.15, 0.2) is 0 Å². The summed E-state index contributed by atoms with van der Waals surface area (Å²) in [5.74, 6) is -1.39. The monoisotopic (exact) mass is 573 g/mol. The third-order valence-electron chi connectivity index (χ3n) is 6.44. The number of amides is 2. The van der Waals surface area contributed by atoms with Crippen LogP contribution in [0.1, 0.15) is 37.0 Å². The number of nitrogens with one attached hydrogen (secondary N) is 1. The fraction of sp³-hybridized carbons (Fsp3) is 0.310. The van der Waals surface area contributed by atoms with E-state index >= 15 is 0 Å². The summed E-state index contributed by atoms with van der Waals surface area (Å²) >= 11 is 5.98. The number of carbonyl (C=O) groups is 2. The van der Waals surface area contributed by atoms with Gasteiger partial charge in [-0.2, -0.15) is 0 Å². The van der Waals surface area contributed by atoms with Crippen LogP contribution >= 0.6 is 11.6 Å². The van der Waals surface area contributed by atoms with Crippen LogP contribution < -0.4 is 9.62 Å². The van der Waals surface area contributed by atoms with Crippen LogP contribution in [0.4, 0.5) is 10.1 Å². The van der Waals surface area contributed by atoms with Crippen LogP contribution in [0.25, 0.3) is 0 Å². The Balaban J connectivity index is 2.04. The van der Waals surface area contributed by atoms with E-state index in [0.29, 0.717) is 29.2 Å². The predicted octanol–water partition coefficient (Wildman–Crippen LogP) is 5.23. The second-order valence-corrected chi connectivity index (χ2v) is 11.6. The highest BCUT2D eigenvalue weighted by Gasteiger charge is 2.32. The molecule has 39 heavy (non-hydrogen) atoms. The van der Waals surface area contributed by atoms with E-state index in [9.17, 15) is 22.4 Å². The van der Waals surface area contributed by atoms with Crippen molar-refractivity contribution in [1.29, 1.82) is 0 Å². The van der Waals surface area contributed by atoms with Gasteiger partial charge in [0.05, 0.1) is 10.6 Å². The van der Waals surface area contributed by atoms with E-state index in [1.165, 1.54) is 53.4 Å². The third-order valence-corrected chi connectivity index (χ3v) is 8.48. The number of anilines is 1. The number of aryl methyl sites for hydroxylation is 2. The van der Waals surface area contributed by atoms with Gasteiger partial charge in [-0.05, 0) is 92.4 Å². The zero-order valence-corrected chi connectivity index (χ0v) is 24.0. The van der Waals surface area contributed by atoms with Gasteiger partial charge < -0.3 is 10.2 Å². The molecular formula is C29H33ClFN3O4S. The first-order chi connectivity index (χ1) is 18.4. The number of benzene rings is 3. The molecule has 0 aliphatic heterocycles. The molecule has 7 nitrogen and oxygen atoms in total. The highest BCUT2D eigenvalue weighted by Crippen LogP contribution is 2.27. The minimum absolute atomic E-state index is 0.0123. The first-order valence-corrected chi connectivity index (χ1v) is 14.4. The molecule has 0 fully saturated rings. The molecule has 0 radical (unpaired) electrons. The number of sulfonamides is 1. The molecule has 10 heteroatoms. The van der Waals surface area contributed by atoms with Crippen molar-refractivity contribution in [1.82, 2.24) is 10.2 Å². The van der Waals surface area contributed by atoms with Crippen LogP contribution in [0.2, 0.25) is 5.02 Å². The average molecular weight is 574 g/mol. The molecule has 208 valence electrons. The molecule has 2 amide bonds. The number of carbonyl (C=O) groups excluding carboxylic acids is 2. The number of halogens is 2. The minimum atomic E-state index is -4.19. The smallest absolute Gasteiger partial charge is 0.264 e. The van der Waals surface area contributed by atoms with E-state index in [1.807, 2.05) is 20.8 Å². The van der Waals surface area contributed by atoms with Gasteiger partial charge >= 0.3 is 0 Å². The molecule has 0 unspecified atom stereocenters. The largest absolute Gasteiger partial charge is 0.354 e. The molecule has 0 aliphatic carbocycles. The Morgan fingerprint density at radius 3 is 2.21 bits per heavy atom. The van der Waals surface area contributed by atoms with Crippen molar-refractivity contribution in [3.63, 3.8) is 0 Å². The molecular weight excluding hydrogens is 541 g/mol. The lowest BCUT2D eigenvalue weighted by atomic mass is 10.1. The summed E-state index contributed by atoms with van der Waals surface area (Å²) in [6.07, 6.45) is 0.713. The zero-order valence-electron chi connectivity index (χ0n) is 22.4. The molecule has 1 atom stereocenters. The van der Waals surface area contributed by atoms with Crippen molar-refractivity contribution in [2.75, 3.05) is 17.4 Å². The minimum Gasteiger partial charge on any atom is -0.354 e. The molecule has 0 saturated carbocycles. The van der Waals surface area contributed by atoms with E-state index < -0.39 is 34.3 Å². The van der Waals surface area contributed by atoms with Gasteiger partial charge in [0.2, 0.25) is 11.8 Å². The Hall–Kier alpha value is -3.43. The Labute approximate surface area is 234 Å². The third kappa shape index (κ3) is 7.58. The van der Waals surface area contributed by atoms with Crippen LogP contribution in [-0.4, -0.2) is 44.3 Å². The second-order valence-electron chi connectivity index (χ2n) is 9.35. The second kappa shape index (κ2) is 13.1. The SMILES string of the molecule is CCCNC(=O)[C@H](C)N(Cc1ccc(F)cc1)C(=O)CN(c1ccc(C)c(C)c1)S(=O)(=O)c1ccc(Cl)cc1. The lowest BCUT2D eigenvalue weighted by Gasteiger charge is -2.32. The van der Waals surface area contributed by atoms with Gasteiger partial charge in [0, 0.05) is 18.1 Å². The number of hydrogen-bond donors (Lipinski definition) is 1. The molecule has 0 spiro atoms. The maximum Gasteiger partial charge on any atom is 0.264 e.